The summed E-state index contributed by atoms with van der Waals surface area (Å²) in [5.74, 6) is 0. The van der Waals surface area contributed by atoms with Crippen LogP contribution in [0.3, 0.4) is 0 Å². The highest BCUT2D eigenvalue weighted by molar-refractivity contribution is 5.05. The third-order valence-electron chi connectivity index (χ3n) is 2.68. The zero-order chi connectivity index (χ0) is 9.10. The van der Waals surface area contributed by atoms with Gasteiger partial charge in [-0.1, -0.05) is 0 Å². The molecule has 2 rings (SSSR count). The van der Waals surface area contributed by atoms with Crippen LogP contribution in [0, 0.1) is 0 Å². The van der Waals surface area contributed by atoms with Crippen molar-refractivity contribution in [1.82, 2.24) is 4.90 Å². The van der Waals surface area contributed by atoms with E-state index in [9.17, 15) is 0 Å². The van der Waals surface area contributed by atoms with Gasteiger partial charge in [0.2, 0.25) is 0 Å². The Bertz CT molecular complexity index is 245. The predicted octanol–water partition coefficient (Wildman–Crippen LogP) is 1.24. The Hall–Kier alpha value is -0.800. The standard InChI is InChI=1S/C10H15NO2/c12-7-10-2-1-4-11(10)6-9-3-5-13-8-9/h3,5,8,10,12H,1-2,4,6-7H2. The molecule has 1 aromatic rings. The number of hydrogen-bond donors (Lipinski definition) is 1. The average Bonchev–Trinajstić information content (AvgIpc) is 2.76. The van der Waals surface area contributed by atoms with E-state index in [0.717, 1.165) is 19.5 Å². The van der Waals surface area contributed by atoms with Gasteiger partial charge in [0, 0.05) is 18.2 Å². The van der Waals surface area contributed by atoms with E-state index in [1.807, 2.05) is 6.07 Å². The lowest BCUT2D eigenvalue weighted by atomic mass is 10.2. The molecule has 3 heteroatoms. The number of nitrogens with zero attached hydrogens (tertiary/aromatic N) is 1. The van der Waals surface area contributed by atoms with E-state index in [4.69, 9.17) is 9.52 Å². The Kier molecular flexibility index (Phi) is 2.66. The molecule has 1 saturated heterocycles. The molecule has 13 heavy (non-hydrogen) atoms. The molecule has 1 aliphatic rings. The van der Waals surface area contributed by atoms with Crippen molar-refractivity contribution in [3.8, 4) is 0 Å². The Morgan fingerprint density at radius 2 is 2.54 bits per heavy atom. The van der Waals surface area contributed by atoms with E-state index in [-0.39, 0.29) is 6.61 Å². The van der Waals surface area contributed by atoms with E-state index in [0.29, 0.717) is 6.04 Å². The summed E-state index contributed by atoms with van der Waals surface area (Å²) in [4.78, 5) is 2.31. The summed E-state index contributed by atoms with van der Waals surface area (Å²) in [6.07, 6.45) is 5.78. The minimum Gasteiger partial charge on any atom is -0.472 e. The van der Waals surface area contributed by atoms with Crippen LogP contribution in [-0.2, 0) is 6.54 Å². The zero-order valence-electron chi connectivity index (χ0n) is 7.65. The van der Waals surface area contributed by atoms with Crippen molar-refractivity contribution in [1.29, 1.82) is 0 Å². The smallest absolute Gasteiger partial charge is 0.0947 e. The summed E-state index contributed by atoms with van der Waals surface area (Å²) in [5, 5.41) is 9.10. The molecule has 72 valence electrons. The fourth-order valence-electron chi connectivity index (χ4n) is 1.93. The fraction of sp³-hybridized carbons (Fsp3) is 0.600. The van der Waals surface area contributed by atoms with Crippen molar-refractivity contribution in [3.63, 3.8) is 0 Å². The van der Waals surface area contributed by atoms with E-state index in [2.05, 4.69) is 4.90 Å². The minimum atomic E-state index is 0.276. The second kappa shape index (κ2) is 3.94. The molecule has 1 atom stereocenters. The van der Waals surface area contributed by atoms with Crippen LogP contribution in [-0.4, -0.2) is 29.2 Å². The Morgan fingerprint density at radius 3 is 3.23 bits per heavy atom. The van der Waals surface area contributed by atoms with Crippen LogP contribution in [0.25, 0.3) is 0 Å². The number of hydrogen-bond acceptors (Lipinski definition) is 3. The predicted molar refractivity (Wildman–Crippen MR) is 49.2 cm³/mol. The molecule has 1 unspecified atom stereocenters. The lowest BCUT2D eigenvalue weighted by Gasteiger charge is -2.21. The number of aliphatic hydroxyl groups excluding tert-OH is 1. The Labute approximate surface area is 78.0 Å². The molecule has 1 N–H and O–H groups in total. The van der Waals surface area contributed by atoms with Gasteiger partial charge in [0.05, 0.1) is 19.1 Å². The average molecular weight is 181 g/mol. The third-order valence-corrected chi connectivity index (χ3v) is 2.68. The van der Waals surface area contributed by atoms with Crippen molar-refractivity contribution in [3.05, 3.63) is 24.2 Å². The maximum Gasteiger partial charge on any atom is 0.0947 e. The number of furan rings is 1. The van der Waals surface area contributed by atoms with Gasteiger partial charge in [-0.05, 0) is 25.5 Å². The van der Waals surface area contributed by atoms with Crippen LogP contribution in [0.5, 0.6) is 0 Å². The molecular weight excluding hydrogens is 166 g/mol. The molecular formula is C10H15NO2. The maximum atomic E-state index is 9.10. The first-order valence-corrected chi connectivity index (χ1v) is 4.76. The summed E-state index contributed by atoms with van der Waals surface area (Å²) in [6.45, 7) is 2.27. The van der Waals surface area contributed by atoms with E-state index >= 15 is 0 Å². The zero-order valence-corrected chi connectivity index (χ0v) is 7.65. The topological polar surface area (TPSA) is 36.6 Å². The van der Waals surface area contributed by atoms with Gasteiger partial charge in [0.15, 0.2) is 0 Å². The summed E-state index contributed by atoms with van der Waals surface area (Å²) >= 11 is 0. The summed E-state index contributed by atoms with van der Waals surface area (Å²) < 4.78 is 5.00. The van der Waals surface area contributed by atoms with Crippen molar-refractivity contribution in [2.45, 2.75) is 25.4 Å². The summed E-state index contributed by atoms with van der Waals surface area (Å²) in [6, 6.07) is 2.34. The van der Waals surface area contributed by atoms with Crippen molar-refractivity contribution < 1.29 is 9.52 Å². The molecule has 2 heterocycles. The highest BCUT2D eigenvalue weighted by Gasteiger charge is 2.23. The van der Waals surface area contributed by atoms with Crippen LogP contribution in [0.15, 0.2) is 23.0 Å². The molecule has 0 spiro atoms. The second-order valence-corrected chi connectivity index (χ2v) is 3.58. The van der Waals surface area contributed by atoms with E-state index in [1.54, 1.807) is 12.5 Å². The lowest BCUT2D eigenvalue weighted by Crippen LogP contribution is -2.31. The minimum absolute atomic E-state index is 0.276. The van der Waals surface area contributed by atoms with Crippen molar-refractivity contribution >= 4 is 0 Å². The van der Waals surface area contributed by atoms with Crippen LogP contribution in [0.2, 0.25) is 0 Å². The molecule has 1 fully saturated rings. The first-order chi connectivity index (χ1) is 6.40. The maximum absolute atomic E-state index is 9.10. The van der Waals surface area contributed by atoms with Gasteiger partial charge < -0.3 is 9.52 Å². The van der Waals surface area contributed by atoms with Gasteiger partial charge in [-0.3, -0.25) is 4.90 Å². The quantitative estimate of drug-likeness (QED) is 0.762. The van der Waals surface area contributed by atoms with Gasteiger partial charge in [-0.25, -0.2) is 0 Å². The van der Waals surface area contributed by atoms with Crippen LogP contribution in [0.1, 0.15) is 18.4 Å². The number of rotatable bonds is 3. The van der Waals surface area contributed by atoms with Gasteiger partial charge in [-0.15, -0.1) is 0 Å². The molecule has 0 aliphatic carbocycles. The second-order valence-electron chi connectivity index (χ2n) is 3.58. The highest BCUT2D eigenvalue weighted by atomic mass is 16.3. The highest BCUT2D eigenvalue weighted by Crippen LogP contribution is 2.19. The van der Waals surface area contributed by atoms with Crippen LogP contribution >= 0.6 is 0 Å². The Morgan fingerprint density at radius 1 is 1.62 bits per heavy atom. The first kappa shape index (κ1) is 8.78. The van der Waals surface area contributed by atoms with Crippen LogP contribution < -0.4 is 0 Å². The molecule has 1 aliphatic heterocycles. The van der Waals surface area contributed by atoms with Gasteiger partial charge in [0.1, 0.15) is 0 Å². The fourth-order valence-corrected chi connectivity index (χ4v) is 1.93. The molecule has 3 nitrogen and oxygen atoms in total. The molecule has 0 radical (unpaired) electrons. The first-order valence-electron chi connectivity index (χ1n) is 4.76. The van der Waals surface area contributed by atoms with E-state index in [1.165, 1.54) is 12.0 Å². The van der Waals surface area contributed by atoms with Crippen molar-refractivity contribution in [2.24, 2.45) is 0 Å². The monoisotopic (exact) mass is 181 g/mol. The molecule has 0 saturated carbocycles. The summed E-state index contributed by atoms with van der Waals surface area (Å²) in [7, 11) is 0. The molecule has 0 aromatic carbocycles. The molecule has 0 amide bonds. The van der Waals surface area contributed by atoms with Gasteiger partial charge in [0.25, 0.3) is 0 Å². The molecule has 0 bridgehead atoms. The lowest BCUT2D eigenvalue weighted by molar-refractivity contribution is 0.153. The van der Waals surface area contributed by atoms with Gasteiger partial charge in [-0.2, -0.15) is 0 Å². The molecule has 1 aromatic heterocycles. The van der Waals surface area contributed by atoms with E-state index < -0.39 is 0 Å². The largest absolute Gasteiger partial charge is 0.472 e. The van der Waals surface area contributed by atoms with Gasteiger partial charge >= 0.3 is 0 Å². The van der Waals surface area contributed by atoms with Crippen LogP contribution in [0.4, 0.5) is 0 Å². The summed E-state index contributed by atoms with van der Waals surface area (Å²) in [5.41, 5.74) is 1.19. The third kappa shape index (κ3) is 1.92. The Balaban J connectivity index is 1.94. The van der Waals surface area contributed by atoms with Crippen molar-refractivity contribution in [2.75, 3.05) is 13.2 Å². The number of aliphatic hydroxyl groups is 1. The number of likely N-dealkylation sites (tertiary alicyclic amines) is 1. The normalized spacial score (nSPS) is 23.9. The SMILES string of the molecule is OCC1CCCN1Cc1ccoc1.